The topological polar surface area (TPSA) is 57.5 Å². The van der Waals surface area contributed by atoms with Gasteiger partial charge in [0, 0.05) is 51.0 Å². The molecule has 7 heteroatoms. The van der Waals surface area contributed by atoms with E-state index < -0.39 is 0 Å². The van der Waals surface area contributed by atoms with E-state index in [2.05, 4.69) is 51.2 Å². The Labute approximate surface area is 183 Å². The molecule has 31 heavy (non-hydrogen) atoms. The van der Waals surface area contributed by atoms with Crippen LogP contribution >= 0.6 is 0 Å². The number of nitrogens with zero attached hydrogens (tertiary/aromatic N) is 6. The lowest BCUT2D eigenvalue weighted by atomic mass is 10.0. The molecule has 3 aromatic rings. The molecular formula is C24H30N6O. The van der Waals surface area contributed by atoms with Crippen molar-refractivity contribution >= 4 is 22.6 Å². The van der Waals surface area contributed by atoms with Gasteiger partial charge in [-0.3, -0.25) is 9.69 Å². The third-order valence-corrected chi connectivity index (χ3v) is 6.64. The van der Waals surface area contributed by atoms with E-state index in [0.717, 1.165) is 63.1 Å². The number of hydrogen-bond donors (Lipinski definition) is 0. The molecular weight excluding hydrogens is 388 g/mol. The molecule has 7 nitrogen and oxygen atoms in total. The van der Waals surface area contributed by atoms with Gasteiger partial charge in [0.05, 0.1) is 0 Å². The first-order valence-corrected chi connectivity index (χ1v) is 11.3. The van der Waals surface area contributed by atoms with Crippen molar-refractivity contribution in [2.45, 2.75) is 32.4 Å². The Morgan fingerprint density at radius 2 is 1.61 bits per heavy atom. The molecule has 1 unspecified atom stereocenters. The van der Waals surface area contributed by atoms with Crippen LogP contribution in [-0.4, -0.2) is 76.0 Å². The highest BCUT2D eigenvalue weighted by Crippen LogP contribution is 2.23. The maximum Gasteiger partial charge on any atom is 0.246 e. The minimum Gasteiger partial charge on any atom is -0.369 e. The lowest BCUT2D eigenvalue weighted by Crippen LogP contribution is -2.56. The number of carbonyl (C=O) groups is 1. The van der Waals surface area contributed by atoms with Crippen molar-refractivity contribution in [3.8, 4) is 0 Å². The molecule has 3 heterocycles. The van der Waals surface area contributed by atoms with Gasteiger partial charge in [-0.1, -0.05) is 30.3 Å². The first-order valence-electron chi connectivity index (χ1n) is 11.3. The van der Waals surface area contributed by atoms with Crippen LogP contribution in [0.15, 0.2) is 48.5 Å². The highest BCUT2D eigenvalue weighted by molar-refractivity contribution is 5.77. The summed E-state index contributed by atoms with van der Waals surface area (Å²) in [6, 6.07) is 16.8. The van der Waals surface area contributed by atoms with Crippen molar-refractivity contribution in [1.82, 2.24) is 24.8 Å². The molecule has 2 fully saturated rings. The molecule has 5 rings (SSSR count). The van der Waals surface area contributed by atoms with Gasteiger partial charge in [0.25, 0.3) is 0 Å². The molecule has 0 radical (unpaired) electrons. The van der Waals surface area contributed by atoms with E-state index in [1.165, 1.54) is 16.0 Å². The number of anilines is 1. The second kappa shape index (κ2) is 8.67. The summed E-state index contributed by atoms with van der Waals surface area (Å²) in [4.78, 5) is 21.6. The first kappa shape index (κ1) is 20.0. The fraction of sp³-hybridized carbons (Fsp3) is 0.458. The number of hydrogen-bond acceptors (Lipinski definition) is 5. The van der Waals surface area contributed by atoms with Crippen LogP contribution in [0, 0.1) is 6.92 Å². The van der Waals surface area contributed by atoms with Crippen molar-refractivity contribution in [1.29, 1.82) is 0 Å². The van der Waals surface area contributed by atoms with Crippen LogP contribution < -0.4 is 4.90 Å². The molecule has 2 saturated heterocycles. The van der Waals surface area contributed by atoms with Crippen molar-refractivity contribution in [3.05, 3.63) is 54.1 Å². The van der Waals surface area contributed by atoms with Gasteiger partial charge in [0.1, 0.15) is 17.6 Å². The number of amides is 1. The minimum absolute atomic E-state index is 0.114. The minimum atomic E-state index is 0.114. The highest BCUT2D eigenvalue weighted by atomic mass is 16.2. The van der Waals surface area contributed by atoms with Gasteiger partial charge in [0.15, 0.2) is 0 Å². The Hall–Kier alpha value is -2.93. The molecule has 1 aromatic heterocycles. The van der Waals surface area contributed by atoms with Crippen molar-refractivity contribution in [2.24, 2.45) is 0 Å². The zero-order valence-corrected chi connectivity index (χ0v) is 18.2. The number of likely N-dealkylation sites (tertiary alicyclic amines) is 1. The molecule has 0 aliphatic carbocycles. The van der Waals surface area contributed by atoms with Gasteiger partial charge >= 0.3 is 0 Å². The number of carbonyl (C=O) groups excluding carboxylic acids is 1. The Kier molecular flexibility index (Phi) is 5.59. The van der Waals surface area contributed by atoms with E-state index in [-0.39, 0.29) is 12.5 Å². The second-order valence-electron chi connectivity index (χ2n) is 8.66. The summed E-state index contributed by atoms with van der Waals surface area (Å²) >= 11 is 0. The van der Waals surface area contributed by atoms with E-state index in [4.69, 9.17) is 0 Å². The molecule has 0 saturated carbocycles. The lowest BCUT2D eigenvalue weighted by molar-refractivity contribution is -0.134. The van der Waals surface area contributed by atoms with Gasteiger partial charge < -0.3 is 9.80 Å². The Morgan fingerprint density at radius 3 is 2.32 bits per heavy atom. The van der Waals surface area contributed by atoms with Gasteiger partial charge in [-0.05, 0) is 43.5 Å². The summed E-state index contributed by atoms with van der Waals surface area (Å²) in [7, 11) is 0. The number of piperidine rings is 1. The van der Waals surface area contributed by atoms with Crippen LogP contribution in [-0.2, 0) is 11.3 Å². The molecule has 0 bridgehead atoms. The molecule has 2 aromatic carbocycles. The third kappa shape index (κ3) is 4.28. The number of fused-ring (bicyclic) bond motifs is 1. The zero-order chi connectivity index (χ0) is 21.2. The fourth-order valence-corrected chi connectivity index (χ4v) is 4.92. The summed E-state index contributed by atoms with van der Waals surface area (Å²) in [6.07, 6.45) is 2.22. The number of aromatic nitrogens is 3. The summed E-state index contributed by atoms with van der Waals surface area (Å²) in [5.41, 5.74) is 4.35. The molecule has 0 N–H and O–H groups in total. The van der Waals surface area contributed by atoms with Gasteiger partial charge in [-0.2, -0.15) is 15.0 Å². The molecule has 2 aliphatic heterocycles. The zero-order valence-electron chi connectivity index (χ0n) is 18.2. The standard InChI is InChI=1S/C24H30N6O/c1-19-7-2-5-11-23(19)28-15-13-27(14-16-28)20-8-6-12-29(17-20)24(31)18-30-25-21-9-3-4-10-22(21)26-30/h2-5,7,9-11,20H,6,8,12-18H2,1H3. The van der Waals surface area contributed by atoms with Crippen molar-refractivity contribution in [2.75, 3.05) is 44.2 Å². The van der Waals surface area contributed by atoms with Crippen LogP contribution in [0.4, 0.5) is 5.69 Å². The van der Waals surface area contributed by atoms with E-state index >= 15 is 0 Å². The fourth-order valence-electron chi connectivity index (χ4n) is 4.92. The maximum atomic E-state index is 12.9. The SMILES string of the molecule is Cc1ccccc1N1CCN(C2CCCN(C(=O)Cn3nc4ccccc4n3)C2)CC1. The molecule has 1 amide bonds. The summed E-state index contributed by atoms with van der Waals surface area (Å²) in [6.45, 7) is 8.22. The number of benzene rings is 2. The predicted molar refractivity (Wildman–Crippen MR) is 122 cm³/mol. The van der Waals surface area contributed by atoms with E-state index in [1.807, 2.05) is 29.2 Å². The number of aryl methyl sites for hydroxylation is 1. The average molecular weight is 419 g/mol. The smallest absolute Gasteiger partial charge is 0.246 e. The number of rotatable bonds is 4. The Morgan fingerprint density at radius 1 is 0.935 bits per heavy atom. The second-order valence-corrected chi connectivity index (χ2v) is 8.66. The highest BCUT2D eigenvalue weighted by Gasteiger charge is 2.30. The van der Waals surface area contributed by atoms with Gasteiger partial charge in [0.2, 0.25) is 5.91 Å². The first-order chi connectivity index (χ1) is 15.2. The lowest BCUT2D eigenvalue weighted by Gasteiger charge is -2.44. The van der Waals surface area contributed by atoms with Crippen molar-refractivity contribution < 1.29 is 4.79 Å². The monoisotopic (exact) mass is 418 g/mol. The summed E-state index contributed by atoms with van der Waals surface area (Å²) in [5.74, 6) is 0.114. The van der Waals surface area contributed by atoms with Gasteiger partial charge in [-0.15, -0.1) is 0 Å². The Bertz CT molecular complexity index is 1020. The van der Waals surface area contributed by atoms with Crippen LogP contribution in [0.3, 0.4) is 0 Å². The average Bonchev–Trinajstić information content (AvgIpc) is 3.22. The van der Waals surface area contributed by atoms with E-state index in [0.29, 0.717) is 6.04 Å². The molecule has 0 spiro atoms. The van der Waals surface area contributed by atoms with Crippen molar-refractivity contribution in [3.63, 3.8) is 0 Å². The van der Waals surface area contributed by atoms with Crippen LogP contribution in [0.1, 0.15) is 18.4 Å². The molecule has 2 aliphatic rings. The number of piperazine rings is 1. The maximum absolute atomic E-state index is 12.9. The third-order valence-electron chi connectivity index (χ3n) is 6.64. The van der Waals surface area contributed by atoms with Crippen LogP contribution in [0.5, 0.6) is 0 Å². The summed E-state index contributed by atoms with van der Waals surface area (Å²) in [5, 5.41) is 8.89. The van der Waals surface area contributed by atoms with Crippen LogP contribution in [0.2, 0.25) is 0 Å². The van der Waals surface area contributed by atoms with E-state index in [9.17, 15) is 4.79 Å². The largest absolute Gasteiger partial charge is 0.369 e. The molecule has 1 atom stereocenters. The normalized spacial score (nSPS) is 20.4. The van der Waals surface area contributed by atoms with E-state index in [1.54, 1.807) is 0 Å². The summed E-state index contributed by atoms with van der Waals surface area (Å²) < 4.78 is 0. The quantitative estimate of drug-likeness (QED) is 0.652. The van der Waals surface area contributed by atoms with Gasteiger partial charge in [-0.25, -0.2) is 0 Å². The predicted octanol–water partition coefficient (Wildman–Crippen LogP) is 2.55. The Balaban J connectivity index is 1.18. The number of para-hydroxylation sites is 1. The van der Waals surface area contributed by atoms with Crippen LogP contribution in [0.25, 0.3) is 11.0 Å². The molecule has 162 valence electrons.